The number of carboxylic acid groups (broad SMARTS) is 1. The van der Waals surface area contributed by atoms with Gasteiger partial charge in [0, 0.05) is 10.8 Å². The lowest BCUT2D eigenvalue weighted by molar-refractivity contribution is 0.140. The summed E-state index contributed by atoms with van der Waals surface area (Å²) < 4.78 is 13.4. The molecule has 0 aliphatic heterocycles. The topological polar surface area (TPSA) is 60.7 Å². The highest BCUT2D eigenvalue weighted by atomic mass is 16.7. The summed E-state index contributed by atoms with van der Waals surface area (Å²) in [7, 11) is 0. The van der Waals surface area contributed by atoms with Crippen molar-refractivity contribution < 1.29 is 19.4 Å². The molecule has 0 unspecified atom stereocenters. The molecule has 0 saturated heterocycles. The van der Waals surface area contributed by atoms with Gasteiger partial charge in [-0.1, -0.05) is 78.9 Å². The third kappa shape index (κ3) is 3.89. The summed E-state index contributed by atoms with van der Waals surface area (Å²) in [6.07, 6.45) is -1.34. The molecule has 0 atom stereocenters. The number of aromatic nitrogens is 1. The molecule has 0 spiro atoms. The molecule has 0 saturated carbocycles. The van der Waals surface area contributed by atoms with Crippen LogP contribution in [0.1, 0.15) is 5.56 Å². The number of ether oxygens (including phenoxy) is 2. The van der Waals surface area contributed by atoms with Crippen LogP contribution in [-0.4, -0.2) is 22.4 Å². The first-order valence-corrected chi connectivity index (χ1v) is 10.8. The average molecular weight is 437 g/mol. The van der Waals surface area contributed by atoms with E-state index in [1.165, 1.54) is 0 Å². The van der Waals surface area contributed by atoms with Crippen LogP contribution in [0.2, 0.25) is 0 Å². The van der Waals surface area contributed by atoms with E-state index in [9.17, 15) is 9.90 Å². The van der Waals surface area contributed by atoms with E-state index < -0.39 is 6.16 Å². The van der Waals surface area contributed by atoms with Crippen LogP contribution in [0.4, 0.5) is 4.79 Å². The van der Waals surface area contributed by atoms with Gasteiger partial charge >= 0.3 is 6.16 Å². The molecule has 5 heteroatoms. The molecule has 1 heterocycles. The Bertz CT molecular complexity index is 1460. The zero-order valence-electron chi connectivity index (χ0n) is 18.2. The van der Waals surface area contributed by atoms with Gasteiger partial charge in [0.25, 0.3) is 0 Å². The zero-order valence-corrected chi connectivity index (χ0v) is 18.2. The van der Waals surface area contributed by atoms with Gasteiger partial charge in [0.2, 0.25) is 5.88 Å². The number of nitrogens with zero attached hydrogens (tertiary/aromatic N) is 1. The Labute approximate surface area is 191 Å². The molecule has 4 aromatic carbocycles. The number of rotatable bonds is 6. The number of carbonyl (C=O) groups is 1. The molecule has 0 amide bonds. The number of para-hydroxylation sites is 1. The van der Waals surface area contributed by atoms with Gasteiger partial charge in [0.1, 0.15) is 12.4 Å². The fraction of sp³-hybridized carbons (Fsp3) is 0.107. The summed E-state index contributed by atoms with van der Waals surface area (Å²) in [4.78, 5) is 11.6. The monoisotopic (exact) mass is 437 g/mol. The van der Waals surface area contributed by atoms with E-state index in [2.05, 4.69) is 12.1 Å². The molecule has 33 heavy (non-hydrogen) atoms. The van der Waals surface area contributed by atoms with Crippen molar-refractivity contribution in [1.29, 1.82) is 0 Å². The van der Waals surface area contributed by atoms with E-state index in [0.29, 0.717) is 19.0 Å². The number of aryl methyl sites for hydroxylation is 1. The minimum absolute atomic E-state index is 0.305. The van der Waals surface area contributed by atoms with E-state index in [-0.39, 0.29) is 0 Å². The molecular weight excluding hydrogens is 414 g/mol. The zero-order chi connectivity index (χ0) is 22.8. The average Bonchev–Trinajstić information content (AvgIpc) is 3.12. The third-order valence-electron chi connectivity index (χ3n) is 5.84. The SMILES string of the molecule is Cc1ccccc1-c1c(OC(=O)O)n(CCOc2cccc3ccccc23)c2ccccc12. The maximum absolute atomic E-state index is 11.6. The minimum Gasteiger partial charge on any atom is -0.491 e. The molecule has 164 valence electrons. The van der Waals surface area contributed by atoms with Gasteiger partial charge < -0.3 is 19.1 Å². The quantitative estimate of drug-likeness (QED) is 0.293. The first kappa shape index (κ1) is 20.6. The maximum Gasteiger partial charge on any atom is 0.512 e. The molecule has 1 aromatic heterocycles. The van der Waals surface area contributed by atoms with E-state index in [1.54, 1.807) is 0 Å². The summed E-state index contributed by atoms with van der Waals surface area (Å²) in [6, 6.07) is 29.8. The Morgan fingerprint density at radius 3 is 2.36 bits per heavy atom. The lowest BCUT2D eigenvalue weighted by atomic mass is 10.00. The Morgan fingerprint density at radius 1 is 0.848 bits per heavy atom. The molecule has 0 fully saturated rings. The van der Waals surface area contributed by atoms with Crippen LogP contribution in [-0.2, 0) is 6.54 Å². The van der Waals surface area contributed by atoms with Gasteiger partial charge in [0.15, 0.2) is 0 Å². The van der Waals surface area contributed by atoms with E-state index in [4.69, 9.17) is 9.47 Å². The molecular formula is C28H23NO4. The van der Waals surface area contributed by atoms with Crippen LogP contribution >= 0.6 is 0 Å². The van der Waals surface area contributed by atoms with Gasteiger partial charge in [-0.2, -0.15) is 0 Å². The first-order chi connectivity index (χ1) is 16.1. The second-order valence-electron chi connectivity index (χ2n) is 7.86. The molecule has 5 nitrogen and oxygen atoms in total. The summed E-state index contributed by atoms with van der Waals surface area (Å²) in [5, 5.41) is 12.6. The summed E-state index contributed by atoms with van der Waals surface area (Å²) in [5.74, 6) is 1.10. The van der Waals surface area contributed by atoms with Crippen molar-refractivity contribution in [2.45, 2.75) is 13.5 Å². The van der Waals surface area contributed by atoms with Gasteiger partial charge in [-0.15, -0.1) is 0 Å². The predicted molar refractivity (Wildman–Crippen MR) is 130 cm³/mol. The summed E-state index contributed by atoms with van der Waals surface area (Å²) in [5.41, 5.74) is 3.66. The van der Waals surface area contributed by atoms with Crippen LogP contribution in [0.5, 0.6) is 11.6 Å². The predicted octanol–water partition coefficient (Wildman–Crippen LogP) is 6.91. The molecule has 0 bridgehead atoms. The third-order valence-corrected chi connectivity index (χ3v) is 5.84. The Morgan fingerprint density at radius 2 is 1.55 bits per heavy atom. The molecule has 1 N–H and O–H groups in total. The van der Waals surface area contributed by atoms with E-state index in [1.807, 2.05) is 90.4 Å². The molecule has 0 radical (unpaired) electrons. The Hall–Kier alpha value is -4.25. The van der Waals surface area contributed by atoms with E-state index in [0.717, 1.165) is 44.1 Å². The van der Waals surface area contributed by atoms with Crippen molar-refractivity contribution >= 4 is 27.8 Å². The number of hydrogen-bond donors (Lipinski definition) is 1. The highest BCUT2D eigenvalue weighted by Crippen LogP contribution is 2.41. The highest BCUT2D eigenvalue weighted by molar-refractivity contribution is 6.01. The van der Waals surface area contributed by atoms with Crippen molar-refractivity contribution in [1.82, 2.24) is 4.57 Å². The Balaban J connectivity index is 1.56. The lowest BCUT2D eigenvalue weighted by Gasteiger charge is -2.13. The number of benzene rings is 4. The smallest absolute Gasteiger partial charge is 0.491 e. The second kappa shape index (κ2) is 8.71. The Kier molecular flexibility index (Phi) is 5.45. The van der Waals surface area contributed by atoms with Crippen molar-refractivity contribution in [3.8, 4) is 22.8 Å². The van der Waals surface area contributed by atoms with Gasteiger partial charge in [-0.3, -0.25) is 0 Å². The van der Waals surface area contributed by atoms with Crippen LogP contribution in [0.15, 0.2) is 91.0 Å². The van der Waals surface area contributed by atoms with E-state index >= 15 is 0 Å². The molecule has 0 aliphatic rings. The molecule has 5 aromatic rings. The molecule has 5 rings (SSSR count). The second-order valence-corrected chi connectivity index (χ2v) is 7.86. The van der Waals surface area contributed by atoms with Crippen molar-refractivity contribution in [3.63, 3.8) is 0 Å². The standard InChI is InChI=1S/C28H23NO4/c1-19-9-2-4-12-21(19)26-23-14-6-7-15-24(23)29(27(26)33-28(30)31)17-18-32-25-16-8-11-20-10-3-5-13-22(20)25/h2-16H,17-18H2,1H3,(H,30,31). The fourth-order valence-corrected chi connectivity index (χ4v) is 4.37. The largest absolute Gasteiger partial charge is 0.512 e. The first-order valence-electron chi connectivity index (χ1n) is 10.8. The van der Waals surface area contributed by atoms with Gasteiger partial charge in [-0.25, -0.2) is 4.79 Å². The summed E-state index contributed by atoms with van der Waals surface area (Å²) >= 11 is 0. The van der Waals surface area contributed by atoms with Crippen LogP contribution in [0, 0.1) is 6.92 Å². The minimum atomic E-state index is -1.34. The van der Waals surface area contributed by atoms with Crippen molar-refractivity contribution in [2.24, 2.45) is 0 Å². The van der Waals surface area contributed by atoms with Gasteiger partial charge in [0.05, 0.1) is 17.6 Å². The fourth-order valence-electron chi connectivity index (χ4n) is 4.37. The number of fused-ring (bicyclic) bond motifs is 2. The van der Waals surface area contributed by atoms with Crippen LogP contribution in [0.3, 0.4) is 0 Å². The summed E-state index contributed by atoms with van der Waals surface area (Å²) in [6.45, 7) is 2.80. The maximum atomic E-state index is 11.6. The highest BCUT2D eigenvalue weighted by Gasteiger charge is 2.23. The number of hydrogen-bond acceptors (Lipinski definition) is 3. The van der Waals surface area contributed by atoms with Crippen molar-refractivity contribution in [2.75, 3.05) is 6.61 Å². The molecule has 0 aliphatic carbocycles. The normalized spacial score (nSPS) is 11.1. The lowest BCUT2D eigenvalue weighted by Crippen LogP contribution is -2.13. The van der Waals surface area contributed by atoms with Crippen molar-refractivity contribution in [3.05, 3.63) is 96.6 Å². The van der Waals surface area contributed by atoms with Crippen LogP contribution in [0.25, 0.3) is 32.8 Å². The van der Waals surface area contributed by atoms with Crippen LogP contribution < -0.4 is 9.47 Å². The van der Waals surface area contributed by atoms with Gasteiger partial charge in [-0.05, 0) is 35.6 Å².